The number of pyridine rings is 1. The number of benzene rings is 3. The van der Waals surface area contributed by atoms with Gasteiger partial charge in [0.05, 0.1) is 11.4 Å². The lowest BCUT2D eigenvalue weighted by Gasteiger charge is -2.13. The maximum absolute atomic E-state index is 13.3. The van der Waals surface area contributed by atoms with Gasteiger partial charge in [-0.3, -0.25) is 4.79 Å². The minimum atomic E-state index is -0.249. The molecule has 0 saturated heterocycles. The van der Waals surface area contributed by atoms with Crippen LogP contribution in [0.1, 0.15) is 12.0 Å². The maximum atomic E-state index is 13.3. The van der Waals surface area contributed by atoms with Crippen LogP contribution < -0.4 is 5.56 Å². The van der Waals surface area contributed by atoms with E-state index in [0.29, 0.717) is 11.4 Å². The van der Waals surface area contributed by atoms with Gasteiger partial charge in [-0.15, -0.1) is 5.16 Å². The van der Waals surface area contributed by atoms with E-state index >= 15 is 0 Å². The molecule has 158 valence electrons. The van der Waals surface area contributed by atoms with Crippen LogP contribution in [0.4, 0.5) is 0 Å². The largest absolute Gasteiger partial charge is 0.411 e. The predicted molar refractivity (Wildman–Crippen MR) is 133 cm³/mol. The first-order chi connectivity index (χ1) is 15.7. The number of hydrogen-bond acceptors (Lipinski definition) is 4. The molecular weight excluding hydrogens is 466 g/mol. The molecule has 0 aliphatic rings. The molecule has 1 aromatic heterocycles. The molecule has 0 fully saturated rings. The minimum absolute atomic E-state index is 0.249. The van der Waals surface area contributed by atoms with E-state index in [9.17, 15) is 4.79 Å². The van der Waals surface area contributed by atoms with E-state index in [-0.39, 0.29) is 12.0 Å². The number of hydrogen-bond donors (Lipinski definition) is 1. The smallest absolute Gasteiger partial charge is 0.272 e. The van der Waals surface area contributed by atoms with Crippen molar-refractivity contribution < 1.29 is 5.21 Å². The third-order valence-corrected chi connectivity index (χ3v) is 5.48. The van der Waals surface area contributed by atoms with Gasteiger partial charge in [0.2, 0.25) is 0 Å². The molecule has 6 heteroatoms. The Kier molecular flexibility index (Phi) is 6.72. The molecule has 0 saturated carbocycles. The summed E-state index contributed by atoms with van der Waals surface area (Å²) < 4.78 is 2.34. The van der Waals surface area contributed by atoms with Crippen molar-refractivity contribution in [1.29, 1.82) is 0 Å². The first kappa shape index (κ1) is 21.5. The number of oxime groups is 1. The maximum Gasteiger partial charge on any atom is 0.272 e. The van der Waals surface area contributed by atoms with E-state index in [1.54, 1.807) is 6.07 Å². The van der Waals surface area contributed by atoms with Crippen LogP contribution in [0.25, 0.3) is 22.4 Å². The third kappa shape index (κ3) is 4.92. The first-order valence-electron chi connectivity index (χ1n) is 10.0. The fourth-order valence-corrected chi connectivity index (χ4v) is 3.65. The molecule has 3 aromatic carbocycles. The Morgan fingerprint density at radius 2 is 1.47 bits per heavy atom. The van der Waals surface area contributed by atoms with Gasteiger partial charge in [-0.1, -0.05) is 88.7 Å². The van der Waals surface area contributed by atoms with Crippen LogP contribution in [-0.4, -0.2) is 21.8 Å². The molecule has 0 aliphatic heterocycles. The van der Waals surface area contributed by atoms with Gasteiger partial charge in [-0.2, -0.15) is 9.78 Å². The molecule has 4 rings (SSSR count). The normalized spacial score (nSPS) is 11.7. The van der Waals surface area contributed by atoms with E-state index < -0.39 is 0 Å². The quantitative estimate of drug-likeness (QED) is 0.205. The standard InChI is InChI=1S/C26H20BrN3O2/c27-23-13-11-20(12-14-23)24(15-16-28-32)29-30-25(21-9-5-2-6-10-21)17-22(18-26(30)31)19-7-3-1-4-8-19/h1-14,16-18,32H,15H2/b28-16+,29-24+. The number of aromatic nitrogens is 1. The summed E-state index contributed by atoms with van der Waals surface area (Å²) in [4.78, 5) is 13.3. The molecule has 0 aliphatic carbocycles. The minimum Gasteiger partial charge on any atom is -0.411 e. The van der Waals surface area contributed by atoms with E-state index in [1.807, 2.05) is 91.0 Å². The van der Waals surface area contributed by atoms with Crippen LogP contribution in [0, 0.1) is 0 Å². The van der Waals surface area contributed by atoms with E-state index in [1.165, 1.54) is 10.9 Å². The molecule has 0 radical (unpaired) electrons. The van der Waals surface area contributed by atoms with Crippen LogP contribution in [0.2, 0.25) is 0 Å². The topological polar surface area (TPSA) is 67.0 Å². The van der Waals surface area contributed by atoms with Gasteiger partial charge in [-0.05, 0) is 34.9 Å². The summed E-state index contributed by atoms with van der Waals surface area (Å²) >= 11 is 3.44. The SMILES string of the molecule is O=c1cc(-c2ccccc2)cc(-c2ccccc2)n1/N=C(\C/C=N/O)c1ccc(Br)cc1. The van der Waals surface area contributed by atoms with Crippen LogP contribution in [0.3, 0.4) is 0 Å². The van der Waals surface area contributed by atoms with Gasteiger partial charge in [0, 0.05) is 28.7 Å². The summed E-state index contributed by atoms with van der Waals surface area (Å²) in [5.41, 5.74) is 4.50. The van der Waals surface area contributed by atoms with E-state index in [4.69, 9.17) is 10.3 Å². The third-order valence-electron chi connectivity index (χ3n) is 4.95. The predicted octanol–water partition coefficient (Wildman–Crippen LogP) is 6.05. The average Bonchev–Trinajstić information content (AvgIpc) is 2.84. The zero-order valence-corrected chi connectivity index (χ0v) is 18.7. The van der Waals surface area contributed by atoms with Gasteiger partial charge in [0.25, 0.3) is 5.56 Å². The molecule has 1 heterocycles. The summed E-state index contributed by atoms with van der Waals surface area (Å²) in [7, 11) is 0. The van der Waals surface area contributed by atoms with Gasteiger partial charge in [0.15, 0.2) is 0 Å². The van der Waals surface area contributed by atoms with Crippen molar-refractivity contribution in [3.63, 3.8) is 0 Å². The summed E-state index contributed by atoms with van der Waals surface area (Å²) in [5.74, 6) is 0. The lowest BCUT2D eigenvalue weighted by molar-refractivity contribution is 0.321. The molecule has 0 atom stereocenters. The number of nitrogens with zero attached hydrogens (tertiary/aromatic N) is 3. The Balaban J connectivity index is 1.93. The molecule has 32 heavy (non-hydrogen) atoms. The van der Waals surface area contributed by atoms with Crippen LogP contribution >= 0.6 is 15.9 Å². The molecule has 0 bridgehead atoms. The molecule has 0 spiro atoms. The van der Waals surface area contributed by atoms with Gasteiger partial charge in [-0.25, -0.2) is 0 Å². The zero-order chi connectivity index (χ0) is 22.3. The van der Waals surface area contributed by atoms with Gasteiger partial charge in [0.1, 0.15) is 0 Å². The van der Waals surface area contributed by atoms with Crippen LogP contribution in [0.5, 0.6) is 0 Å². The van der Waals surface area contributed by atoms with Crippen LogP contribution in [-0.2, 0) is 0 Å². The van der Waals surface area contributed by atoms with E-state index in [0.717, 1.165) is 26.7 Å². The fourth-order valence-electron chi connectivity index (χ4n) is 3.38. The Morgan fingerprint density at radius 3 is 2.09 bits per heavy atom. The highest BCUT2D eigenvalue weighted by molar-refractivity contribution is 9.10. The second kappa shape index (κ2) is 10.0. The molecule has 5 nitrogen and oxygen atoms in total. The highest BCUT2D eigenvalue weighted by Gasteiger charge is 2.12. The summed E-state index contributed by atoms with van der Waals surface area (Å²) in [6.07, 6.45) is 1.62. The number of rotatable bonds is 6. The van der Waals surface area contributed by atoms with E-state index in [2.05, 4.69) is 21.1 Å². The highest BCUT2D eigenvalue weighted by Crippen LogP contribution is 2.25. The molecule has 0 amide bonds. The fraction of sp³-hybridized carbons (Fsp3) is 0.0385. The summed E-state index contributed by atoms with van der Waals surface area (Å²) in [6.45, 7) is 0. The number of halogens is 1. The Bertz CT molecular complexity index is 1310. The summed E-state index contributed by atoms with van der Waals surface area (Å²) in [5, 5.41) is 16.8. The first-order valence-corrected chi connectivity index (χ1v) is 10.8. The highest BCUT2D eigenvalue weighted by atomic mass is 79.9. The van der Waals surface area contributed by atoms with Crippen molar-refractivity contribution >= 4 is 27.9 Å². The van der Waals surface area contributed by atoms with Crippen molar-refractivity contribution in [2.24, 2.45) is 10.3 Å². The van der Waals surface area contributed by atoms with Crippen molar-refractivity contribution in [1.82, 2.24) is 4.68 Å². The molecule has 4 aromatic rings. The molecule has 0 unspecified atom stereocenters. The Labute approximate surface area is 194 Å². The van der Waals surface area contributed by atoms with Gasteiger partial charge >= 0.3 is 0 Å². The van der Waals surface area contributed by atoms with Gasteiger partial charge < -0.3 is 5.21 Å². The Hall–Kier alpha value is -3.77. The van der Waals surface area contributed by atoms with Crippen molar-refractivity contribution in [2.45, 2.75) is 6.42 Å². The average molecular weight is 486 g/mol. The van der Waals surface area contributed by atoms with Crippen LogP contribution in [0.15, 0.2) is 117 Å². The van der Waals surface area contributed by atoms with Crippen molar-refractivity contribution in [3.8, 4) is 22.4 Å². The summed E-state index contributed by atoms with van der Waals surface area (Å²) in [6, 6.07) is 30.6. The lowest BCUT2D eigenvalue weighted by atomic mass is 10.0. The monoisotopic (exact) mass is 485 g/mol. The molecule has 1 N–H and O–H groups in total. The van der Waals surface area contributed by atoms with Crippen molar-refractivity contribution in [3.05, 3.63) is 117 Å². The second-order valence-corrected chi connectivity index (χ2v) is 7.98. The second-order valence-electron chi connectivity index (χ2n) is 7.07. The zero-order valence-electron chi connectivity index (χ0n) is 17.1. The molecular formula is C26H20BrN3O2. The van der Waals surface area contributed by atoms with Crippen molar-refractivity contribution in [2.75, 3.05) is 0 Å². The Morgan fingerprint density at radius 1 is 0.844 bits per heavy atom. The lowest BCUT2D eigenvalue weighted by Crippen LogP contribution is -2.20.